The Bertz CT molecular complexity index is 833. The first kappa shape index (κ1) is 27.5. The van der Waals surface area contributed by atoms with Crippen molar-refractivity contribution < 1.29 is 27.5 Å². The van der Waals surface area contributed by atoms with E-state index in [4.69, 9.17) is 4.74 Å². The zero-order valence-corrected chi connectivity index (χ0v) is 21.1. The average Bonchev–Trinajstić information content (AvgIpc) is 2.78. The molecule has 196 valence electrons. The number of piperidine rings is 1. The molecule has 35 heavy (non-hydrogen) atoms. The van der Waals surface area contributed by atoms with E-state index in [9.17, 15) is 22.8 Å². The van der Waals surface area contributed by atoms with Crippen LogP contribution in [0.15, 0.2) is 24.3 Å². The number of hydrogen-bond donors (Lipinski definition) is 1. The topological polar surface area (TPSA) is 58.6 Å². The fourth-order valence-electron chi connectivity index (χ4n) is 5.36. The summed E-state index contributed by atoms with van der Waals surface area (Å²) >= 11 is 0. The number of nitrogens with zero attached hydrogens (tertiary/aromatic N) is 1. The molecule has 2 aliphatic rings. The Kier molecular flexibility index (Phi) is 9.24. The highest BCUT2D eigenvalue weighted by Crippen LogP contribution is 2.35. The largest absolute Gasteiger partial charge is 0.471 e. The number of rotatable bonds is 7. The van der Waals surface area contributed by atoms with Crippen molar-refractivity contribution in [1.29, 1.82) is 0 Å². The Hall–Kier alpha value is -2.09. The lowest BCUT2D eigenvalue weighted by Crippen LogP contribution is -2.42. The van der Waals surface area contributed by atoms with Crippen molar-refractivity contribution in [3.63, 3.8) is 0 Å². The summed E-state index contributed by atoms with van der Waals surface area (Å²) in [5.41, 5.74) is 0.861. The molecule has 1 amide bonds. The van der Waals surface area contributed by atoms with E-state index in [0.717, 1.165) is 44.3 Å². The summed E-state index contributed by atoms with van der Waals surface area (Å²) in [7, 11) is 0. The van der Waals surface area contributed by atoms with Gasteiger partial charge in [0.15, 0.2) is 0 Å². The number of anilines is 1. The smallest absolute Gasteiger partial charge is 0.460 e. The second kappa shape index (κ2) is 11.8. The van der Waals surface area contributed by atoms with Gasteiger partial charge in [0, 0.05) is 18.2 Å². The first-order valence-electron chi connectivity index (χ1n) is 12.8. The second-order valence-corrected chi connectivity index (χ2v) is 11.0. The molecule has 5 nitrogen and oxygen atoms in total. The number of benzene rings is 1. The monoisotopic (exact) mass is 496 g/mol. The maximum atomic E-state index is 12.4. The van der Waals surface area contributed by atoms with Gasteiger partial charge in [0.25, 0.3) is 0 Å². The minimum atomic E-state index is -4.88. The Morgan fingerprint density at radius 3 is 2.11 bits per heavy atom. The van der Waals surface area contributed by atoms with E-state index >= 15 is 0 Å². The van der Waals surface area contributed by atoms with E-state index in [1.54, 1.807) is 12.1 Å². The van der Waals surface area contributed by atoms with Crippen molar-refractivity contribution in [2.45, 2.75) is 102 Å². The lowest BCUT2D eigenvalue weighted by molar-refractivity contribution is -0.167. The Labute approximate surface area is 206 Å². The molecule has 1 N–H and O–H groups in total. The van der Waals surface area contributed by atoms with Crippen molar-refractivity contribution >= 4 is 17.6 Å². The molecule has 1 aromatic rings. The van der Waals surface area contributed by atoms with Crippen molar-refractivity contribution in [1.82, 2.24) is 4.90 Å². The summed E-state index contributed by atoms with van der Waals surface area (Å²) in [4.78, 5) is 25.6. The van der Waals surface area contributed by atoms with Crippen LogP contribution < -0.4 is 5.32 Å². The van der Waals surface area contributed by atoms with Gasteiger partial charge in [-0.3, -0.25) is 9.59 Å². The predicted molar refractivity (Wildman–Crippen MR) is 130 cm³/mol. The summed E-state index contributed by atoms with van der Waals surface area (Å²) in [5.74, 6) is -0.962. The molecule has 1 aliphatic heterocycles. The molecule has 3 rings (SSSR count). The number of carbonyl (C=O) groups is 2. The lowest BCUT2D eigenvalue weighted by Gasteiger charge is -2.41. The highest BCUT2D eigenvalue weighted by Gasteiger charge is 2.38. The van der Waals surface area contributed by atoms with Gasteiger partial charge in [-0.1, -0.05) is 12.1 Å². The molecule has 0 atom stereocenters. The number of ether oxygens (including phenoxy) is 1. The number of esters is 1. The standard InChI is InChI=1S/C27H39F3N2O3/c1-26(2,3)35-24(33)6-4-5-19-7-13-23(14-8-19)32-17-15-21(16-18-32)20-9-11-22(12-10-20)31-25(34)27(28,29)30/h9-12,19,21,23H,4-8,13-18H2,1-3H3,(H,31,34). The van der Waals surface area contributed by atoms with Crippen LogP contribution in [-0.4, -0.2) is 47.7 Å². The number of likely N-dealkylation sites (tertiary alicyclic amines) is 1. The summed E-state index contributed by atoms with van der Waals surface area (Å²) in [6.45, 7) is 7.76. The minimum absolute atomic E-state index is 0.102. The third-order valence-electron chi connectivity index (χ3n) is 7.17. The quantitative estimate of drug-likeness (QED) is 0.442. The summed E-state index contributed by atoms with van der Waals surface area (Å²) in [6, 6.07) is 7.38. The minimum Gasteiger partial charge on any atom is -0.460 e. The van der Waals surface area contributed by atoms with E-state index < -0.39 is 17.7 Å². The van der Waals surface area contributed by atoms with Crippen LogP contribution in [0.5, 0.6) is 0 Å². The molecule has 0 radical (unpaired) electrons. The predicted octanol–water partition coefficient (Wildman–Crippen LogP) is 6.44. The summed E-state index contributed by atoms with van der Waals surface area (Å²) in [5, 5.41) is 1.90. The molecule has 1 heterocycles. The highest BCUT2D eigenvalue weighted by atomic mass is 19.4. The fraction of sp³-hybridized carbons (Fsp3) is 0.704. The summed E-state index contributed by atoms with van der Waals surface area (Å²) in [6.07, 6.45) is 4.50. The number of alkyl halides is 3. The van der Waals surface area contributed by atoms with E-state index in [0.29, 0.717) is 24.3 Å². The van der Waals surface area contributed by atoms with Crippen LogP contribution in [0, 0.1) is 5.92 Å². The Morgan fingerprint density at radius 2 is 1.57 bits per heavy atom. The van der Waals surface area contributed by atoms with Crippen molar-refractivity contribution in [3.05, 3.63) is 29.8 Å². The number of halogens is 3. The van der Waals surface area contributed by atoms with Crippen LogP contribution in [0.4, 0.5) is 18.9 Å². The molecule has 0 unspecified atom stereocenters. The molecular formula is C27H39F3N2O3. The SMILES string of the molecule is CC(C)(C)OC(=O)CCCC1CCC(N2CCC(c3ccc(NC(=O)C(F)(F)F)cc3)CC2)CC1. The van der Waals surface area contributed by atoms with E-state index in [1.807, 2.05) is 38.2 Å². The Morgan fingerprint density at radius 1 is 0.971 bits per heavy atom. The van der Waals surface area contributed by atoms with Gasteiger partial charge < -0.3 is 15.0 Å². The van der Waals surface area contributed by atoms with Gasteiger partial charge in [0.2, 0.25) is 0 Å². The normalized spacial score (nSPS) is 22.6. The van der Waals surface area contributed by atoms with Crippen LogP contribution in [0.2, 0.25) is 0 Å². The zero-order valence-electron chi connectivity index (χ0n) is 21.1. The maximum absolute atomic E-state index is 12.4. The van der Waals surface area contributed by atoms with Gasteiger partial charge in [-0.15, -0.1) is 0 Å². The molecule has 0 aromatic heterocycles. The van der Waals surface area contributed by atoms with Crippen LogP contribution >= 0.6 is 0 Å². The number of carbonyl (C=O) groups excluding carboxylic acids is 2. The molecule has 0 bridgehead atoms. The molecule has 0 spiro atoms. The maximum Gasteiger partial charge on any atom is 0.471 e. The van der Waals surface area contributed by atoms with Crippen LogP contribution in [0.1, 0.15) is 90.0 Å². The van der Waals surface area contributed by atoms with Crippen LogP contribution in [0.25, 0.3) is 0 Å². The average molecular weight is 497 g/mol. The molecule has 2 fully saturated rings. The first-order valence-corrected chi connectivity index (χ1v) is 12.8. The molecule has 8 heteroatoms. The van der Waals surface area contributed by atoms with Gasteiger partial charge in [-0.25, -0.2) is 0 Å². The lowest BCUT2D eigenvalue weighted by atomic mass is 9.81. The van der Waals surface area contributed by atoms with E-state index in [2.05, 4.69) is 4.90 Å². The van der Waals surface area contributed by atoms with E-state index in [1.165, 1.54) is 25.7 Å². The number of amides is 1. The van der Waals surface area contributed by atoms with Crippen molar-refractivity contribution in [3.8, 4) is 0 Å². The van der Waals surface area contributed by atoms with Gasteiger partial charge >= 0.3 is 18.1 Å². The summed E-state index contributed by atoms with van der Waals surface area (Å²) < 4.78 is 42.6. The third-order valence-corrected chi connectivity index (χ3v) is 7.17. The zero-order chi connectivity index (χ0) is 25.6. The molecule has 1 saturated carbocycles. The first-order chi connectivity index (χ1) is 16.4. The fourth-order valence-corrected chi connectivity index (χ4v) is 5.36. The molecule has 1 saturated heterocycles. The van der Waals surface area contributed by atoms with Crippen LogP contribution in [0.3, 0.4) is 0 Å². The van der Waals surface area contributed by atoms with Crippen molar-refractivity contribution in [2.24, 2.45) is 5.92 Å². The van der Waals surface area contributed by atoms with E-state index in [-0.39, 0.29) is 11.7 Å². The van der Waals surface area contributed by atoms with Crippen LogP contribution in [-0.2, 0) is 14.3 Å². The second-order valence-electron chi connectivity index (χ2n) is 11.0. The highest BCUT2D eigenvalue weighted by molar-refractivity contribution is 5.94. The molecule has 1 aromatic carbocycles. The molecule has 1 aliphatic carbocycles. The van der Waals surface area contributed by atoms with Gasteiger partial charge in [0.1, 0.15) is 5.60 Å². The molecular weight excluding hydrogens is 457 g/mol. The van der Waals surface area contributed by atoms with Gasteiger partial charge in [0.05, 0.1) is 0 Å². The Balaban J connectivity index is 1.35. The van der Waals surface area contributed by atoms with Crippen molar-refractivity contribution in [2.75, 3.05) is 18.4 Å². The van der Waals surface area contributed by atoms with Gasteiger partial charge in [-0.05, 0) is 115 Å². The third kappa shape index (κ3) is 8.81. The number of hydrogen-bond acceptors (Lipinski definition) is 4. The van der Waals surface area contributed by atoms with Gasteiger partial charge in [-0.2, -0.15) is 13.2 Å². The number of nitrogens with one attached hydrogen (secondary N) is 1.